The van der Waals surface area contributed by atoms with Crippen molar-refractivity contribution in [2.45, 2.75) is 76.2 Å². The van der Waals surface area contributed by atoms with Crippen molar-refractivity contribution in [3.8, 4) is 0 Å². The van der Waals surface area contributed by atoms with Crippen LogP contribution in [-0.4, -0.2) is 25.4 Å². The molecule has 1 aromatic carbocycles. The van der Waals surface area contributed by atoms with Crippen molar-refractivity contribution in [2.75, 3.05) is 5.75 Å². The summed E-state index contributed by atoms with van der Waals surface area (Å²) in [5.41, 5.74) is 1.81. The van der Waals surface area contributed by atoms with E-state index in [-0.39, 0.29) is 23.2 Å². The summed E-state index contributed by atoms with van der Waals surface area (Å²) in [5, 5.41) is 10.1. The maximum Gasteiger partial charge on any atom is 0.178 e. The quantitative estimate of drug-likeness (QED) is 0.613. The van der Waals surface area contributed by atoms with Gasteiger partial charge in [0.05, 0.1) is 16.8 Å². The van der Waals surface area contributed by atoms with E-state index in [0.29, 0.717) is 16.7 Å². The van der Waals surface area contributed by atoms with Crippen molar-refractivity contribution in [2.24, 2.45) is 40.9 Å². The molecule has 3 nitrogen and oxygen atoms in total. The maximum atomic E-state index is 13.0. The smallest absolute Gasteiger partial charge is 0.178 e. The number of aliphatic hydroxyl groups excluding tert-OH is 1. The van der Waals surface area contributed by atoms with Gasteiger partial charge in [0, 0.05) is 0 Å². The third kappa shape index (κ3) is 3.72. The topological polar surface area (TPSA) is 54.4 Å². The molecular formula is C27H38O3S. The van der Waals surface area contributed by atoms with Gasteiger partial charge in [0.15, 0.2) is 9.84 Å². The van der Waals surface area contributed by atoms with Crippen molar-refractivity contribution < 1.29 is 13.5 Å². The van der Waals surface area contributed by atoms with Crippen LogP contribution in [0.5, 0.6) is 0 Å². The Morgan fingerprint density at radius 1 is 1.06 bits per heavy atom. The highest BCUT2D eigenvalue weighted by Crippen LogP contribution is 2.64. The molecule has 0 bridgehead atoms. The number of hydrogen-bond donors (Lipinski definition) is 1. The summed E-state index contributed by atoms with van der Waals surface area (Å²) in [5.74, 6) is 3.91. The van der Waals surface area contributed by atoms with E-state index in [1.54, 1.807) is 17.7 Å². The predicted molar refractivity (Wildman–Crippen MR) is 124 cm³/mol. The van der Waals surface area contributed by atoms with Crippen LogP contribution in [0.4, 0.5) is 0 Å². The van der Waals surface area contributed by atoms with Gasteiger partial charge >= 0.3 is 0 Å². The normalized spacial score (nSPS) is 40.9. The molecule has 0 spiro atoms. The monoisotopic (exact) mass is 442 g/mol. The first kappa shape index (κ1) is 21.7. The van der Waals surface area contributed by atoms with E-state index in [1.807, 2.05) is 18.2 Å². The SMILES string of the molecule is C[C@H](CS(=O)(=O)c1ccccc1)C1CCC2C3CC=C4CC(O)CCC4C3CCC21C. The lowest BCUT2D eigenvalue weighted by atomic mass is 9.51. The Morgan fingerprint density at radius 3 is 2.61 bits per heavy atom. The van der Waals surface area contributed by atoms with E-state index < -0.39 is 9.84 Å². The van der Waals surface area contributed by atoms with Gasteiger partial charge in [0.1, 0.15) is 0 Å². The van der Waals surface area contributed by atoms with Gasteiger partial charge in [0.25, 0.3) is 0 Å². The number of hydrogen-bond acceptors (Lipinski definition) is 3. The summed E-state index contributed by atoms with van der Waals surface area (Å²) in [4.78, 5) is 0.467. The number of rotatable bonds is 4. The minimum Gasteiger partial charge on any atom is -0.393 e. The molecule has 3 saturated carbocycles. The number of aliphatic hydroxyl groups is 1. The van der Waals surface area contributed by atoms with Gasteiger partial charge in [-0.25, -0.2) is 8.42 Å². The fourth-order valence-corrected chi connectivity index (χ4v) is 10.1. The summed E-state index contributed by atoms with van der Waals surface area (Å²) < 4.78 is 26.1. The molecule has 0 amide bonds. The third-order valence-electron chi connectivity index (χ3n) is 9.76. The van der Waals surface area contributed by atoms with Crippen LogP contribution in [0.2, 0.25) is 0 Å². The summed E-state index contributed by atoms with van der Waals surface area (Å²) in [6.07, 6.45) is 11.5. The second-order valence-corrected chi connectivity index (χ2v) is 13.3. The van der Waals surface area contributed by atoms with Crippen LogP contribution in [0.25, 0.3) is 0 Å². The van der Waals surface area contributed by atoms with Gasteiger partial charge in [-0.2, -0.15) is 0 Å². The van der Waals surface area contributed by atoms with Crippen molar-refractivity contribution >= 4 is 9.84 Å². The molecule has 1 aromatic rings. The maximum absolute atomic E-state index is 13.0. The van der Waals surface area contributed by atoms with Crippen molar-refractivity contribution in [3.05, 3.63) is 42.0 Å². The molecule has 0 aliphatic heterocycles. The lowest BCUT2D eigenvalue weighted by Crippen LogP contribution is -2.47. The van der Waals surface area contributed by atoms with Crippen molar-refractivity contribution in [1.29, 1.82) is 0 Å². The molecule has 0 heterocycles. The van der Waals surface area contributed by atoms with Crippen LogP contribution >= 0.6 is 0 Å². The van der Waals surface area contributed by atoms with E-state index in [4.69, 9.17) is 0 Å². The number of benzene rings is 1. The van der Waals surface area contributed by atoms with E-state index in [2.05, 4.69) is 19.9 Å². The molecule has 4 aliphatic carbocycles. The Morgan fingerprint density at radius 2 is 1.84 bits per heavy atom. The summed E-state index contributed by atoms with van der Waals surface area (Å²) in [6, 6.07) is 8.99. The Bertz CT molecular complexity index is 936. The molecule has 7 unspecified atom stereocenters. The Balaban J connectivity index is 1.34. The molecule has 0 radical (unpaired) electrons. The van der Waals surface area contributed by atoms with E-state index in [0.717, 1.165) is 37.0 Å². The number of fused-ring (bicyclic) bond motifs is 5. The molecule has 8 atom stereocenters. The van der Waals surface area contributed by atoms with Gasteiger partial charge in [-0.05, 0) is 104 Å². The first-order valence-electron chi connectivity index (χ1n) is 12.4. The zero-order chi connectivity index (χ0) is 21.8. The van der Waals surface area contributed by atoms with Gasteiger partial charge < -0.3 is 5.11 Å². The second-order valence-electron chi connectivity index (χ2n) is 11.3. The summed E-state index contributed by atoms with van der Waals surface area (Å²) in [6.45, 7) is 4.67. The first-order valence-corrected chi connectivity index (χ1v) is 14.1. The first-order chi connectivity index (χ1) is 14.8. The minimum atomic E-state index is -3.24. The standard InChI is InChI=1S/C27H38O3S/c1-18(17-31(29,30)21-6-4-3-5-7-21)25-12-13-26-24-10-8-19-16-20(28)9-11-22(19)23(24)14-15-27(25,26)2/h3-8,18,20,22-26,28H,9-17H2,1-2H3/t18-,20?,22?,23?,24?,25?,26?,27?/m1/s1. The molecule has 0 aromatic heterocycles. The van der Waals surface area contributed by atoms with E-state index in [1.165, 1.54) is 32.1 Å². The highest BCUT2D eigenvalue weighted by Gasteiger charge is 2.56. The second kappa shape index (κ2) is 8.02. The molecule has 1 N–H and O–H groups in total. The van der Waals surface area contributed by atoms with Crippen LogP contribution in [0.15, 0.2) is 46.9 Å². The molecule has 170 valence electrons. The van der Waals surface area contributed by atoms with Crippen LogP contribution in [0.3, 0.4) is 0 Å². The number of allylic oxidation sites excluding steroid dienone is 1. The van der Waals surface area contributed by atoms with Gasteiger partial charge in [0.2, 0.25) is 0 Å². The Hall–Kier alpha value is -1.13. The molecular weight excluding hydrogens is 404 g/mol. The van der Waals surface area contributed by atoms with Gasteiger partial charge in [-0.15, -0.1) is 0 Å². The molecule has 5 rings (SSSR count). The lowest BCUT2D eigenvalue weighted by molar-refractivity contribution is -0.0266. The Labute approximate surface area is 188 Å². The van der Waals surface area contributed by atoms with E-state index >= 15 is 0 Å². The summed E-state index contributed by atoms with van der Waals surface area (Å²) in [7, 11) is -3.24. The molecule has 3 fully saturated rings. The fourth-order valence-electron chi connectivity index (χ4n) is 8.41. The van der Waals surface area contributed by atoms with Crippen molar-refractivity contribution in [3.63, 3.8) is 0 Å². The fraction of sp³-hybridized carbons (Fsp3) is 0.704. The van der Waals surface area contributed by atoms with Crippen LogP contribution in [0, 0.1) is 40.9 Å². The zero-order valence-corrected chi connectivity index (χ0v) is 19.9. The largest absolute Gasteiger partial charge is 0.393 e. The lowest BCUT2D eigenvalue weighted by Gasteiger charge is -2.54. The third-order valence-corrected chi connectivity index (χ3v) is 11.7. The number of sulfone groups is 1. The molecule has 0 saturated heterocycles. The van der Waals surface area contributed by atoms with Crippen LogP contribution in [-0.2, 0) is 9.84 Å². The predicted octanol–water partition coefficient (Wildman–Crippen LogP) is 5.65. The van der Waals surface area contributed by atoms with E-state index in [9.17, 15) is 13.5 Å². The molecule has 4 heteroatoms. The summed E-state index contributed by atoms with van der Waals surface area (Å²) >= 11 is 0. The average Bonchev–Trinajstić information content (AvgIpc) is 3.11. The molecule has 31 heavy (non-hydrogen) atoms. The van der Waals surface area contributed by atoms with Crippen molar-refractivity contribution in [1.82, 2.24) is 0 Å². The Kier molecular flexibility index (Phi) is 5.62. The van der Waals surface area contributed by atoms with Crippen LogP contribution < -0.4 is 0 Å². The minimum absolute atomic E-state index is 0.129. The van der Waals surface area contributed by atoms with Gasteiger partial charge in [-0.1, -0.05) is 43.7 Å². The molecule has 4 aliphatic rings. The zero-order valence-electron chi connectivity index (χ0n) is 19.0. The average molecular weight is 443 g/mol. The van der Waals surface area contributed by atoms with Crippen LogP contribution in [0.1, 0.15) is 65.2 Å². The van der Waals surface area contributed by atoms with Gasteiger partial charge in [-0.3, -0.25) is 0 Å². The highest BCUT2D eigenvalue weighted by atomic mass is 32.2. The highest BCUT2D eigenvalue weighted by molar-refractivity contribution is 7.91.